The first-order valence-corrected chi connectivity index (χ1v) is 5.53. The third kappa shape index (κ3) is 3.79. The highest BCUT2D eigenvalue weighted by molar-refractivity contribution is 6.00. The number of anilines is 1. The largest absolute Gasteiger partial charge is 0.399 e. The van der Waals surface area contributed by atoms with Crippen LogP contribution in [0.3, 0.4) is 0 Å². The maximum absolute atomic E-state index is 11.7. The Morgan fingerprint density at radius 1 is 1.24 bits per heavy atom. The molecule has 0 bridgehead atoms. The fourth-order valence-electron chi connectivity index (χ4n) is 1.41. The molecule has 1 aromatic rings. The predicted molar refractivity (Wildman–Crippen MR) is 66.6 cm³/mol. The van der Waals surface area contributed by atoms with Gasteiger partial charge in [0.05, 0.1) is 0 Å². The van der Waals surface area contributed by atoms with Crippen LogP contribution in [0, 0.1) is 0 Å². The van der Waals surface area contributed by atoms with E-state index in [1.165, 1.54) is 18.2 Å². The zero-order valence-corrected chi connectivity index (χ0v) is 9.82. The van der Waals surface area contributed by atoms with Crippen LogP contribution in [0.4, 0.5) is 5.69 Å². The zero-order chi connectivity index (χ0) is 12.8. The van der Waals surface area contributed by atoms with Crippen LogP contribution in [-0.4, -0.2) is 18.4 Å². The smallest absolute Gasteiger partial charge is 0.251 e. The summed E-state index contributed by atoms with van der Waals surface area (Å²) in [6, 6.07) is 4.42. The average molecular weight is 235 g/mol. The van der Waals surface area contributed by atoms with E-state index in [0.29, 0.717) is 17.8 Å². The Balaban J connectivity index is 2.82. The summed E-state index contributed by atoms with van der Waals surface area (Å²) in [7, 11) is 0. The molecule has 2 amide bonds. The van der Waals surface area contributed by atoms with Gasteiger partial charge in [-0.3, -0.25) is 9.59 Å². The van der Waals surface area contributed by atoms with E-state index in [9.17, 15) is 9.59 Å². The molecule has 92 valence electrons. The molecule has 0 aliphatic carbocycles. The molecule has 0 atom stereocenters. The quantitative estimate of drug-likeness (QED) is 0.522. The van der Waals surface area contributed by atoms with E-state index in [1.54, 1.807) is 0 Å². The molecule has 0 saturated heterocycles. The summed E-state index contributed by atoms with van der Waals surface area (Å²) in [6.07, 6.45) is 1.92. The minimum atomic E-state index is -0.597. The number of benzene rings is 1. The first kappa shape index (κ1) is 13.0. The molecule has 0 aliphatic heterocycles. The van der Waals surface area contributed by atoms with E-state index in [-0.39, 0.29) is 11.5 Å². The van der Waals surface area contributed by atoms with Crippen LogP contribution in [0.25, 0.3) is 0 Å². The van der Waals surface area contributed by atoms with Crippen molar-refractivity contribution in [2.24, 2.45) is 5.73 Å². The maximum atomic E-state index is 11.7. The molecule has 0 fully saturated rings. The van der Waals surface area contributed by atoms with Crippen LogP contribution in [-0.2, 0) is 0 Å². The predicted octanol–water partition coefficient (Wildman–Crippen LogP) is 0.898. The molecule has 0 radical (unpaired) electrons. The van der Waals surface area contributed by atoms with Gasteiger partial charge in [-0.05, 0) is 24.6 Å². The lowest BCUT2D eigenvalue weighted by Crippen LogP contribution is -2.25. The summed E-state index contributed by atoms with van der Waals surface area (Å²) in [5, 5.41) is 2.75. The molecular weight excluding hydrogens is 218 g/mol. The molecule has 5 heteroatoms. The van der Waals surface area contributed by atoms with Crippen molar-refractivity contribution >= 4 is 17.5 Å². The van der Waals surface area contributed by atoms with E-state index >= 15 is 0 Å². The molecule has 0 heterocycles. The topological polar surface area (TPSA) is 98.2 Å². The van der Waals surface area contributed by atoms with Gasteiger partial charge in [0.25, 0.3) is 5.91 Å². The number of hydrogen-bond donors (Lipinski definition) is 3. The van der Waals surface area contributed by atoms with E-state index in [4.69, 9.17) is 11.5 Å². The Bertz CT molecular complexity index is 430. The lowest BCUT2D eigenvalue weighted by atomic mass is 10.1. The molecular formula is C12H17N3O2. The van der Waals surface area contributed by atoms with Crippen molar-refractivity contribution in [3.05, 3.63) is 29.3 Å². The SMILES string of the molecule is CCCCNC(=O)c1cc(N)cc(C(N)=O)c1. The van der Waals surface area contributed by atoms with E-state index in [2.05, 4.69) is 5.32 Å². The number of nitrogens with two attached hydrogens (primary N) is 2. The van der Waals surface area contributed by atoms with Gasteiger partial charge in [-0.25, -0.2) is 0 Å². The molecule has 0 aliphatic rings. The Morgan fingerprint density at radius 2 is 1.88 bits per heavy atom. The number of primary amides is 1. The molecule has 1 rings (SSSR count). The second kappa shape index (κ2) is 5.89. The highest BCUT2D eigenvalue weighted by Gasteiger charge is 2.09. The maximum Gasteiger partial charge on any atom is 0.251 e. The summed E-state index contributed by atoms with van der Waals surface area (Å²) < 4.78 is 0. The van der Waals surface area contributed by atoms with Crippen LogP contribution in [0.15, 0.2) is 18.2 Å². The van der Waals surface area contributed by atoms with Crippen molar-refractivity contribution in [2.45, 2.75) is 19.8 Å². The highest BCUT2D eigenvalue weighted by Crippen LogP contribution is 2.11. The van der Waals surface area contributed by atoms with Crippen molar-refractivity contribution < 1.29 is 9.59 Å². The van der Waals surface area contributed by atoms with Gasteiger partial charge in [-0.1, -0.05) is 13.3 Å². The Hall–Kier alpha value is -2.04. The fourth-order valence-corrected chi connectivity index (χ4v) is 1.41. The minimum absolute atomic E-state index is 0.241. The first-order chi connectivity index (χ1) is 8.04. The molecule has 5 N–H and O–H groups in total. The highest BCUT2D eigenvalue weighted by atomic mass is 16.2. The van der Waals surface area contributed by atoms with Crippen LogP contribution >= 0.6 is 0 Å². The Morgan fingerprint density at radius 3 is 2.47 bits per heavy atom. The summed E-state index contributed by atoms with van der Waals surface area (Å²) in [5.74, 6) is -0.840. The van der Waals surface area contributed by atoms with Crippen molar-refractivity contribution in [1.29, 1.82) is 0 Å². The number of nitrogens with one attached hydrogen (secondary N) is 1. The third-order valence-corrected chi connectivity index (χ3v) is 2.32. The minimum Gasteiger partial charge on any atom is -0.399 e. The number of nitrogen functional groups attached to an aromatic ring is 1. The van der Waals surface area contributed by atoms with Crippen LogP contribution < -0.4 is 16.8 Å². The van der Waals surface area contributed by atoms with Gasteiger partial charge in [0.2, 0.25) is 5.91 Å². The second-order valence-corrected chi connectivity index (χ2v) is 3.82. The summed E-state index contributed by atoms with van der Waals surface area (Å²) in [4.78, 5) is 22.8. The van der Waals surface area contributed by atoms with E-state index in [1.807, 2.05) is 6.92 Å². The molecule has 17 heavy (non-hydrogen) atoms. The van der Waals surface area contributed by atoms with Gasteiger partial charge >= 0.3 is 0 Å². The zero-order valence-electron chi connectivity index (χ0n) is 9.82. The number of amides is 2. The van der Waals surface area contributed by atoms with Gasteiger partial charge in [-0.15, -0.1) is 0 Å². The molecule has 1 aromatic carbocycles. The Labute approximate surface area is 100 Å². The van der Waals surface area contributed by atoms with Gasteiger partial charge in [0.15, 0.2) is 0 Å². The van der Waals surface area contributed by atoms with Crippen molar-refractivity contribution in [3.8, 4) is 0 Å². The molecule has 0 spiro atoms. The number of hydrogen-bond acceptors (Lipinski definition) is 3. The lowest BCUT2D eigenvalue weighted by Gasteiger charge is -2.06. The van der Waals surface area contributed by atoms with Crippen LogP contribution in [0.2, 0.25) is 0 Å². The van der Waals surface area contributed by atoms with Crippen LogP contribution in [0.5, 0.6) is 0 Å². The molecule has 5 nitrogen and oxygen atoms in total. The van der Waals surface area contributed by atoms with Gasteiger partial charge in [-0.2, -0.15) is 0 Å². The fraction of sp³-hybridized carbons (Fsp3) is 0.333. The van der Waals surface area contributed by atoms with Gasteiger partial charge < -0.3 is 16.8 Å². The number of unbranched alkanes of at least 4 members (excludes halogenated alkanes) is 1. The summed E-state index contributed by atoms with van der Waals surface area (Å²) >= 11 is 0. The number of rotatable bonds is 5. The van der Waals surface area contributed by atoms with Crippen molar-refractivity contribution in [2.75, 3.05) is 12.3 Å². The number of carbonyl (C=O) groups excluding carboxylic acids is 2. The lowest BCUT2D eigenvalue weighted by molar-refractivity contribution is 0.0953. The van der Waals surface area contributed by atoms with Crippen LogP contribution in [0.1, 0.15) is 40.5 Å². The summed E-state index contributed by atoms with van der Waals surface area (Å²) in [5.41, 5.74) is 11.7. The molecule has 0 unspecified atom stereocenters. The average Bonchev–Trinajstić information content (AvgIpc) is 2.28. The monoisotopic (exact) mass is 235 g/mol. The standard InChI is InChI=1S/C12H17N3O2/c1-2-3-4-15-12(17)9-5-8(11(14)16)6-10(13)7-9/h5-7H,2-4,13H2,1H3,(H2,14,16)(H,15,17). The number of carbonyl (C=O) groups is 2. The van der Waals surface area contributed by atoms with Gasteiger partial charge in [0.1, 0.15) is 0 Å². The van der Waals surface area contributed by atoms with Gasteiger partial charge in [0, 0.05) is 23.4 Å². The second-order valence-electron chi connectivity index (χ2n) is 3.82. The van der Waals surface area contributed by atoms with Crippen molar-refractivity contribution in [3.63, 3.8) is 0 Å². The van der Waals surface area contributed by atoms with E-state index in [0.717, 1.165) is 12.8 Å². The molecule has 0 aromatic heterocycles. The normalized spacial score (nSPS) is 9.94. The van der Waals surface area contributed by atoms with E-state index < -0.39 is 5.91 Å². The molecule has 0 saturated carbocycles. The Kier molecular flexibility index (Phi) is 4.51. The summed E-state index contributed by atoms with van der Waals surface area (Å²) in [6.45, 7) is 2.65. The third-order valence-electron chi connectivity index (χ3n) is 2.32. The first-order valence-electron chi connectivity index (χ1n) is 5.53. The van der Waals surface area contributed by atoms with Crippen molar-refractivity contribution in [1.82, 2.24) is 5.32 Å².